The van der Waals surface area contributed by atoms with Crippen molar-refractivity contribution in [3.8, 4) is 0 Å². The van der Waals surface area contributed by atoms with Crippen LogP contribution in [-0.4, -0.2) is 43.9 Å². The van der Waals surface area contributed by atoms with Gasteiger partial charge in [0.25, 0.3) is 5.91 Å². The molecule has 1 aromatic heterocycles. The van der Waals surface area contributed by atoms with Crippen LogP contribution in [0.5, 0.6) is 0 Å². The second kappa shape index (κ2) is 8.45. The molecule has 5 nitrogen and oxygen atoms in total. The molecule has 0 aliphatic carbocycles. The number of nitrogens with two attached hydrogens (primary N) is 1. The average Bonchev–Trinajstić information content (AvgIpc) is 3.08. The Hall–Kier alpha value is -2.18. The first-order valence-corrected chi connectivity index (χ1v) is 8.34. The Bertz CT molecular complexity index is 627. The molecular weight excluding hydrogens is 310 g/mol. The molecule has 2 amide bonds. The Balaban J connectivity index is 1.94. The fourth-order valence-electron chi connectivity index (χ4n) is 2.17. The standard InChI is InChI=1S/C17H21N3O2S/c1-20(2)16(22)12-18-15(21)11-19-17(14-9-6-10-23-14)13-7-4-3-5-8-13/h3-10,17,19H,11-12H2,1-2H3,(H,18,21)/p+1/t17-/m1/s1. The van der Waals surface area contributed by atoms with E-state index in [1.165, 1.54) is 9.78 Å². The summed E-state index contributed by atoms with van der Waals surface area (Å²) in [4.78, 5) is 26.1. The minimum absolute atomic E-state index is 0.0364. The number of carbonyl (C=O) groups is 2. The lowest BCUT2D eigenvalue weighted by Gasteiger charge is -2.15. The number of benzene rings is 1. The second-order valence-electron chi connectivity index (χ2n) is 5.41. The molecule has 0 saturated heterocycles. The third kappa shape index (κ3) is 5.19. The zero-order chi connectivity index (χ0) is 16.7. The van der Waals surface area contributed by atoms with E-state index in [1.54, 1.807) is 25.4 Å². The summed E-state index contributed by atoms with van der Waals surface area (Å²) in [5.74, 6) is -0.256. The lowest BCUT2D eigenvalue weighted by Crippen LogP contribution is -2.87. The van der Waals surface area contributed by atoms with Crippen molar-refractivity contribution in [2.75, 3.05) is 27.2 Å². The zero-order valence-corrected chi connectivity index (χ0v) is 14.2. The fraction of sp³-hybridized carbons (Fsp3) is 0.294. The van der Waals surface area contributed by atoms with E-state index in [4.69, 9.17) is 0 Å². The maximum atomic E-state index is 12.0. The van der Waals surface area contributed by atoms with E-state index in [-0.39, 0.29) is 30.9 Å². The summed E-state index contributed by atoms with van der Waals surface area (Å²) in [6.07, 6.45) is 0. The van der Waals surface area contributed by atoms with Crippen molar-refractivity contribution in [3.63, 3.8) is 0 Å². The van der Waals surface area contributed by atoms with Gasteiger partial charge in [0.05, 0.1) is 11.4 Å². The van der Waals surface area contributed by atoms with Crippen LogP contribution >= 0.6 is 11.3 Å². The molecule has 0 fully saturated rings. The van der Waals surface area contributed by atoms with Crippen molar-refractivity contribution in [3.05, 3.63) is 58.3 Å². The van der Waals surface area contributed by atoms with Crippen molar-refractivity contribution in [1.29, 1.82) is 0 Å². The molecule has 1 atom stereocenters. The number of thiophene rings is 1. The van der Waals surface area contributed by atoms with Gasteiger partial charge in [0.1, 0.15) is 6.04 Å². The van der Waals surface area contributed by atoms with Gasteiger partial charge >= 0.3 is 0 Å². The van der Waals surface area contributed by atoms with Gasteiger partial charge in [-0.3, -0.25) is 9.59 Å². The number of likely N-dealkylation sites (N-methyl/N-ethyl adjacent to an activating group) is 1. The quantitative estimate of drug-likeness (QED) is 0.780. The predicted octanol–water partition coefficient (Wildman–Crippen LogP) is 0.605. The molecule has 3 N–H and O–H groups in total. The minimum Gasteiger partial charge on any atom is -0.347 e. The van der Waals surface area contributed by atoms with Crippen LogP contribution in [0.15, 0.2) is 47.8 Å². The first-order chi connectivity index (χ1) is 11.1. The van der Waals surface area contributed by atoms with Gasteiger partial charge in [0.2, 0.25) is 5.91 Å². The monoisotopic (exact) mass is 332 g/mol. The first-order valence-electron chi connectivity index (χ1n) is 7.46. The summed E-state index contributed by atoms with van der Waals surface area (Å²) in [5, 5.41) is 6.69. The van der Waals surface area contributed by atoms with Gasteiger partial charge in [-0.15, -0.1) is 11.3 Å². The number of nitrogens with zero attached hydrogens (tertiary/aromatic N) is 1. The Kier molecular flexibility index (Phi) is 6.31. The van der Waals surface area contributed by atoms with Gasteiger partial charge < -0.3 is 15.5 Å². The summed E-state index contributed by atoms with van der Waals surface area (Å²) in [5.41, 5.74) is 1.16. The molecule has 0 bridgehead atoms. The van der Waals surface area contributed by atoms with Gasteiger partial charge in [0.15, 0.2) is 6.54 Å². The van der Waals surface area contributed by atoms with E-state index in [1.807, 2.05) is 35.0 Å². The lowest BCUT2D eigenvalue weighted by molar-refractivity contribution is -0.676. The van der Waals surface area contributed by atoms with Gasteiger partial charge in [-0.25, -0.2) is 0 Å². The van der Waals surface area contributed by atoms with Crippen molar-refractivity contribution in [1.82, 2.24) is 10.2 Å². The number of carbonyl (C=O) groups excluding carboxylic acids is 2. The summed E-state index contributed by atoms with van der Waals surface area (Å²) in [6.45, 7) is 0.312. The highest BCUT2D eigenvalue weighted by atomic mass is 32.1. The molecule has 0 saturated carbocycles. The van der Waals surface area contributed by atoms with E-state index < -0.39 is 0 Å². The Morgan fingerprint density at radius 3 is 2.52 bits per heavy atom. The first kappa shape index (κ1) is 17.2. The maximum absolute atomic E-state index is 12.0. The molecule has 23 heavy (non-hydrogen) atoms. The largest absolute Gasteiger partial charge is 0.347 e. The van der Waals surface area contributed by atoms with Crippen LogP contribution in [0.1, 0.15) is 16.5 Å². The van der Waals surface area contributed by atoms with Crippen molar-refractivity contribution in [2.24, 2.45) is 0 Å². The number of hydrogen-bond donors (Lipinski definition) is 2. The molecule has 1 aromatic carbocycles. The lowest BCUT2D eigenvalue weighted by atomic mass is 10.1. The van der Waals surface area contributed by atoms with Gasteiger partial charge in [-0.05, 0) is 11.4 Å². The van der Waals surface area contributed by atoms with Gasteiger partial charge in [-0.2, -0.15) is 0 Å². The molecule has 0 aliphatic rings. The van der Waals surface area contributed by atoms with Crippen LogP contribution in [-0.2, 0) is 9.59 Å². The van der Waals surface area contributed by atoms with Crippen molar-refractivity contribution in [2.45, 2.75) is 6.04 Å². The van der Waals surface area contributed by atoms with Crippen LogP contribution in [0.25, 0.3) is 0 Å². The molecule has 0 aliphatic heterocycles. The highest BCUT2D eigenvalue weighted by Gasteiger charge is 2.20. The van der Waals surface area contributed by atoms with E-state index in [0.717, 1.165) is 5.56 Å². The summed E-state index contributed by atoms with van der Waals surface area (Å²) in [6, 6.07) is 14.3. The third-order valence-electron chi connectivity index (χ3n) is 3.48. The summed E-state index contributed by atoms with van der Waals surface area (Å²) in [7, 11) is 3.34. The normalized spacial score (nSPS) is 11.7. The number of rotatable bonds is 7. The summed E-state index contributed by atoms with van der Waals surface area (Å²) < 4.78 is 0. The fourth-order valence-corrected chi connectivity index (χ4v) is 3.02. The zero-order valence-electron chi connectivity index (χ0n) is 13.4. The van der Waals surface area contributed by atoms with Crippen LogP contribution < -0.4 is 10.6 Å². The number of quaternary nitrogens is 1. The number of hydrogen-bond acceptors (Lipinski definition) is 3. The van der Waals surface area contributed by atoms with Crippen molar-refractivity contribution >= 4 is 23.2 Å². The number of amides is 2. The molecule has 1 heterocycles. The Labute approximate surface area is 140 Å². The van der Waals surface area contributed by atoms with Crippen LogP contribution in [0.2, 0.25) is 0 Å². The molecule has 6 heteroatoms. The Morgan fingerprint density at radius 2 is 1.91 bits per heavy atom. The SMILES string of the molecule is CN(C)C(=O)CNC(=O)C[NH2+][C@H](c1ccccc1)c1cccs1. The molecule has 0 spiro atoms. The van der Waals surface area contributed by atoms with Gasteiger partial charge in [-0.1, -0.05) is 36.4 Å². The number of nitrogens with one attached hydrogen (secondary N) is 1. The van der Waals surface area contributed by atoms with E-state index in [0.29, 0.717) is 0 Å². The molecule has 0 radical (unpaired) electrons. The smallest absolute Gasteiger partial charge is 0.275 e. The molecule has 2 aromatic rings. The van der Waals surface area contributed by atoms with Crippen LogP contribution in [0.4, 0.5) is 0 Å². The van der Waals surface area contributed by atoms with E-state index in [2.05, 4.69) is 23.5 Å². The van der Waals surface area contributed by atoms with Crippen molar-refractivity contribution < 1.29 is 14.9 Å². The molecule has 122 valence electrons. The Morgan fingerprint density at radius 1 is 1.17 bits per heavy atom. The molecule has 0 unspecified atom stereocenters. The van der Waals surface area contributed by atoms with E-state index in [9.17, 15) is 9.59 Å². The minimum atomic E-state index is -0.141. The highest BCUT2D eigenvalue weighted by Crippen LogP contribution is 2.22. The topological polar surface area (TPSA) is 66.0 Å². The van der Waals surface area contributed by atoms with Crippen LogP contribution in [0, 0.1) is 0 Å². The van der Waals surface area contributed by atoms with Crippen LogP contribution in [0.3, 0.4) is 0 Å². The van der Waals surface area contributed by atoms with E-state index >= 15 is 0 Å². The molecular formula is C17H22N3O2S+. The predicted molar refractivity (Wildman–Crippen MR) is 91.1 cm³/mol. The summed E-state index contributed by atoms with van der Waals surface area (Å²) >= 11 is 1.68. The molecule has 2 rings (SSSR count). The second-order valence-corrected chi connectivity index (χ2v) is 6.39. The van der Waals surface area contributed by atoms with Gasteiger partial charge in [0, 0.05) is 19.7 Å². The maximum Gasteiger partial charge on any atom is 0.275 e. The highest BCUT2D eigenvalue weighted by molar-refractivity contribution is 7.10. The third-order valence-corrected chi connectivity index (χ3v) is 4.44. The average molecular weight is 332 g/mol.